The van der Waals surface area contributed by atoms with Gasteiger partial charge < -0.3 is 0 Å². The van der Waals surface area contributed by atoms with Crippen molar-refractivity contribution in [3.8, 4) is 0 Å². The lowest BCUT2D eigenvalue weighted by Crippen LogP contribution is -1.73. The molecule has 0 bridgehead atoms. The molecule has 0 amide bonds. The molecule has 1 nitrogen and oxygen atoms in total. The molecule has 0 unspecified atom stereocenters. The number of benzene rings is 1. The average Bonchev–Trinajstić information content (AvgIpc) is 2.04. The van der Waals surface area contributed by atoms with Crippen LogP contribution in [-0.2, 0) is 4.79 Å². The van der Waals surface area contributed by atoms with Crippen LogP contribution in [0.3, 0.4) is 0 Å². The molecule has 0 N–H and O–H groups in total. The molecule has 0 aliphatic rings. The van der Waals surface area contributed by atoms with Crippen molar-refractivity contribution in [2.45, 2.75) is 6.92 Å². The summed E-state index contributed by atoms with van der Waals surface area (Å²) in [6.45, 7) is 2.03. The van der Waals surface area contributed by atoms with Gasteiger partial charge in [-0.2, -0.15) is 0 Å². The molecule has 0 saturated heterocycles. The lowest BCUT2D eigenvalue weighted by atomic mass is 10.1. The summed E-state index contributed by atoms with van der Waals surface area (Å²) in [5.41, 5.74) is 2.25. The number of carbonyl (C=O) groups excluding carboxylic acids is 1. The van der Waals surface area contributed by atoms with Gasteiger partial charge in [-0.25, -0.2) is 0 Å². The highest BCUT2D eigenvalue weighted by Gasteiger charge is 1.84. The van der Waals surface area contributed by atoms with E-state index in [0.29, 0.717) is 0 Å². The highest BCUT2D eigenvalue weighted by molar-refractivity contribution is 5.74. The van der Waals surface area contributed by atoms with Crippen LogP contribution in [0.1, 0.15) is 11.1 Å². The summed E-state index contributed by atoms with van der Waals surface area (Å²) in [6, 6.07) is 7.93. The molecule has 0 heterocycles. The Kier molecular flexibility index (Phi) is 2.61. The zero-order valence-corrected chi connectivity index (χ0v) is 6.37. The first-order chi connectivity index (χ1) is 5.33. The van der Waals surface area contributed by atoms with Gasteiger partial charge in [0.05, 0.1) is 0 Å². The summed E-state index contributed by atoms with van der Waals surface area (Å²) in [7, 11) is 0. The van der Waals surface area contributed by atoms with Crippen LogP contribution >= 0.6 is 0 Å². The fourth-order valence-electron chi connectivity index (χ4n) is 0.808. The average molecular weight is 145 g/mol. The van der Waals surface area contributed by atoms with Crippen LogP contribution in [0.15, 0.2) is 30.3 Å². The fraction of sp³-hybridized carbons (Fsp3) is 0.100. The Morgan fingerprint density at radius 1 is 1.27 bits per heavy atom. The van der Waals surface area contributed by atoms with Gasteiger partial charge in [-0.1, -0.05) is 35.9 Å². The third kappa shape index (κ3) is 2.38. The predicted octanol–water partition coefficient (Wildman–Crippen LogP) is 2.12. The molecule has 0 atom stereocenters. The van der Waals surface area contributed by atoms with Gasteiger partial charge in [0.15, 0.2) is 0 Å². The molecule has 1 radical (unpaired) electrons. The summed E-state index contributed by atoms with van der Waals surface area (Å²) >= 11 is 0. The smallest absolute Gasteiger partial charge is 0.225 e. The van der Waals surface area contributed by atoms with Gasteiger partial charge in [-0.15, -0.1) is 0 Å². The van der Waals surface area contributed by atoms with Gasteiger partial charge in [0, 0.05) is 0 Å². The molecule has 1 aromatic rings. The Hall–Kier alpha value is -1.37. The number of hydrogen-bond acceptors (Lipinski definition) is 1. The maximum atomic E-state index is 9.83. The van der Waals surface area contributed by atoms with Gasteiger partial charge in [0.2, 0.25) is 6.29 Å². The van der Waals surface area contributed by atoms with E-state index in [-0.39, 0.29) is 0 Å². The number of rotatable bonds is 2. The molecule has 0 fully saturated rings. The van der Waals surface area contributed by atoms with Crippen molar-refractivity contribution >= 4 is 12.4 Å². The number of allylic oxidation sites excluding steroid dienone is 1. The van der Waals surface area contributed by atoms with Crippen molar-refractivity contribution < 1.29 is 4.79 Å². The Morgan fingerprint density at radius 2 is 1.91 bits per heavy atom. The molecule has 0 spiro atoms. The minimum atomic E-state index is 1.03. The maximum absolute atomic E-state index is 9.83. The van der Waals surface area contributed by atoms with Crippen LogP contribution < -0.4 is 0 Å². The Balaban J connectivity index is 2.81. The first-order valence-corrected chi connectivity index (χ1v) is 3.44. The predicted molar refractivity (Wildman–Crippen MR) is 45.9 cm³/mol. The zero-order chi connectivity index (χ0) is 8.10. The highest BCUT2D eigenvalue weighted by Crippen LogP contribution is 2.03. The van der Waals surface area contributed by atoms with Crippen LogP contribution in [0.5, 0.6) is 0 Å². The van der Waals surface area contributed by atoms with Crippen LogP contribution in [0.2, 0.25) is 0 Å². The van der Waals surface area contributed by atoms with Gasteiger partial charge in [0.25, 0.3) is 0 Å². The van der Waals surface area contributed by atoms with E-state index in [9.17, 15) is 4.79 Å². The van der Waals surface area contributed by atoms with Gasteiger partial charge >= 0.3 is 0 Å². The van der Waals surface area contributed by atoms with E-state index < -0.39 is 0 Å². The van der Waals surface area contributed by atoms with Gasteiger partial charge in [-0.3, -0.25) is 4.79 Å². The molecule has 55 valence electrons. The molecule has 0 aromatic heterocycles. The standard InChI is InChI=1S/C10H9O/c1-9-4-6-10(7-5-9)3-2-8-11/h2-7H,1H3. The lowest BCUT2D eigenvalue weighted by molar-refractivity contribution is 0.564. The first kappa shape index (κ1) is 7.73. The highest BCUT2D eigenvalue weighted by atomic mass is 16.1. The topological polar surface area (TPSA) is 17.1 Å². The van der Waals surface area contributed by atoms with Crippen molar-refractivity contribution in [3.63, 3.8) is 0 Å². The minimum Gasteiger partial charge on any atom is -0.286 e. The van der Waals surface area contributed by atoms with Crippen LogP contribution in [0.25, 0.3) is 6.08 Å². The Morgan fingerprint density at radius 3 is 2.45 bits per heavy atom. The second-order valence-corrected chi connectivity index (χ2v) is 2.36. The summed E-state index contributed by atoms with van der Waals surface area (Å²) in [6.07, 6.45) is 4.79. The fourth-order valence-corrected chi connectivity index (χ4v) is 0.808. The van der Waals surface area contributed by atoms with Crippen molar-refractivity contribution in [2.75, 3.05) is 0 Å². The summed E-state index contributed by atoms with van der Waals surface area (Å²) in [5, 5.41) is 0. The molecular weight excluding hydrogens is 136 g/mol. The second kappa shape index (κ2) is 3.71. The maximum Gasteiger partial charge on any atom is 0.225 e. The monoisotopic (exact) mass is 145 g/mol. The summed E-state index contributed by atoms with van der Waals surface area (Å²) < 4.78 is 0. The van der Waals surface area contributed by atoms with Gasteiger partial charge in [-0.05, 0) is 18.6 Å². The quantitative estimate of drug-likeness (QED) is 0.582. The van der Waals surface area contributed by atoms with Crippen molar-refractivity contribution in [1.29, 1.82) is 0 Å². The molecule has 1 aromatic carbocycles. The van der Waals surface area contributed by atoms with Crippen molar-refractivity contribution in [3.05, 3.63) is 41.5 Å². The number of hydrogen-bond donors (Lipinski definition) is 0. The first-order valence-electron chi connectivity index (χ1n) is 3.44. The largest absolute Gasteiger partial charge is 0.286 e. The normalized spacial score (nSPS) is 10.3. The lowest BCUT2D eigenvalue weighted by Gasteiger charge is -1.92. The third-order valence-corrected chi connectivity index (χ3v) is 1.42. The van der Waals surface area contributed by atoms with E-state index in [1.807, 2.05) is 31.2 Å². The van der Waals surface area contributed by atoms with E-state index in [2.05, 4.69) is 0 Å². The van der Waals surface area contributed by atoms with Crippen LogP contribution in [0.4, 0.5) is 0 Å². The van der Waals surface area contributed by atoms with E-state index in [1.54, 1.807) is 12.4 Å². The molecule has 1 heteroatoms. The molecular formula is C10H9O. The van der Waals surface area contributed by atoms with Crippen LogP contribution in [-0.4, -0.2) is 6.29 Å². The molecule has 1 rings (SSSR count). The van der Waals surface area contributed by atoms with E-state index >= 15 is 0 Å². The van der Waals surface area contributed by atoms with Crippen molar-refractivity contribution in [2.24, 2.45) is 0 Å². The number of aryl methyl sites for hydroxylation is 1. The third-order valence-electron chi connectivity index (χ3n) is 1.42. The molecule has 0 aliphatic carbocycles. The molecule has 11 heavy (non-hydrogen) atoms. The van der Waals surface area contributed by atoms with Crippen LogP contribution in [0, 0.1) is 6.92 Å². The van der Waals surface area contributed by atoms with Gasteiger partial charge in [0.1, 0.15) is 0 Å². The molecule has 0 saturated carbocycles. The second-order valence-electron chi connectivity index (χ2n) is 2.36. The van der Waals surface area contributed by atoms with E-state index in [1.165, 1.54) is 11.6 Å². The Bertz CT molecular complexity index is 257. The minimum absolute atomic E-state index is 1.03. The molecule has 0 aliphatic heterocycles. The van der Waals surface area contributed by atoms with Crippen molar-refractivity contribution in [1.82, 2.24) is 0 Å². The SMILES string of the molecule is Cc1ccc(C=C[C]=O)cc1. The van der Waals surface area contributed by atoms with E-state index in [0.717, 1.165) is 5.56 Å². The zero-order valence-electron chi connectivity index (χ0n) is 6.37. The Labute approximate surface area is 66.4 Å². The summed E-state index contributed by atoms with van der Waals surface area (Å²) in [4.78, 5) is 9.83. The van der Waals surface area contributed by atoms with E-state index in [4.69, 9.17) is 0 Å². The summed E-state index contributed by atoms with van der Waals surface area (Å²) in [5.74, 6) is 0.